The van der Waals surface area contributed by atoms with Gasteiger partial charge in [0.2, 0.25) is 0 Å². The second-order valence-corrected chi connectivity index (χ2v) is 7.85. The molecule has 2 rings (SSSR count). The molecular weight excluding hydrogens is 278 g/mol. The summed E-state index contributed by atoms with van der Waals surface area (Å²) in [6, 6.07) is 10.5. The molecule has 1 aliphatic carbocycles. The molecule has 3 heteroatoms. The maximum absolute atomic E-state index is 12.8. The number of hydrogen-bond donors (Lipinski definition) is 0. The van der Waals surface area contributed by atoms with E-state index in [0.29, 0.717) is 11.7 Å². The second-order valence-electron chi connectivity index (χ2n) is 6.19. The summed E-state index contributed by atoms with van der Waals surface area (Å²) >= 11 is 0. The first kappa shape index (κ1) is 16.2. The molecule has 1 aromatic carbocycles. The lowest BCUT2D eigenvalue weighted by Crippen LogP contribution is -2.33. The van der Waals surface area contributed by atoms with Crippen LogP contribution >= 0.6 is 0 Å². The first-order valence-electron chi connectivity index (χ1n) is 7.97. The minimum absolute atomic E-state index is 0.0250. The van der Waals surface area contributed by atoms with E-state index in [9.17, 15) is 9.47 Å². The normalized spacial score (nSPS) is 27.0. The Morgan fingerprint density at radius 1 is 1.33 bits per heavy atom. The molecule has 0 saturated heterocycles. The summed E-state index contributed by atoms with van der Waals surface area (Å²) in [5, 5.41) is 9.42. The minimum Gasteiger partial charge on any atom is -0.259 e. The summed E-state index contributed by atoms with van der Waals surface area (Å²) in [5.74, 6) is 1.22. The largest absolute Gasteiger partial charge is 0.259 e. The van der Waals surface area contributed by atoms with Crippen molar-refractivity contribution in [2.75, 3.05) is 0 Å². The average Bonchev–Trinajstić information content (AvgIpc) is 2.50. The molecule has 0 bridgehead atoms. The molecule has 1 saturated carbocycles. The number of rotatable bonds is 5. The van der Waals surface area contributed by atoms with Gasteiger partial charge in [0.1, 0.15) is 0 Å². The molecule has 1 aliphatic rings. The van der Waals surface area contributed by atoms with Crippen LogP contribution in [0.1, 0.15) is 50.2 Å². The molecule has 1 fully saturated rings. The number of nitriles is 1. The van der Waals surface area contributed by atoms with Gasteiger partial charge < -0.3 is 0 Å². The Morgan fingerprint density at radius 3 is 2.76 bits per heavy atom. The van der Waals surface area contributed by atoms with E-state index in [2.05, 4.69) is 32.0 Å². The molecular formula is C18H25NOS. The highest BCUT2D eigenvalue weighted by Gasteiger charge is 2.34. The van der Waals surface area contributed by atoms with E-state index in [4.69, 9.17) is 0 Å². The summed E-state index contributed by atoms with van der Waals surface area (Å²) in [7, 11) is -0.944. The van der Waals surface area contributed by atoms with E-state index in [1.807, 2.05) is 12.1 Å². The molecule has 21 heavy (non-hydrogen) atoms. The van der Waals surface area contributed by atoms with Crippen molar-refractivity contribution in [2.45, 2.75) is 57.0 Å². The lowest BCUT2D eigenvalue weighted by Gasteiger charge is -2.32. The highest BCUT2D eigenvalue weighted by molar-refractivity contribution is 7.84. The third kappa shape index (κ3) is 4.17. The Bertz CT molecular complexity index is 534. The molecule has 0 heterocycles. The molecule has 2 nitrogen and oxygen atoms in total. The lowest BCUT2D eigenvalue weighted by atomic mass is 9.80. The Morgan fingerprint density at radius 2 is 2.10 bits per heavy atom. The maximum atomic E-state index is 12.8. The minimum atomic E-state index is -0.944. The van der Waals surface area contributed by atoms with Crippen LogP contribution in [0.4, 0.5) is 0 Å². The van der Waals surface area contributed by atoms with Crippen molar-refractivity contribution in [3.63, 3.8) is 0 Å². The average molecular weight is 303 g/mol. The summed E-state index contributed by atoms with van der Waals surface area (Å²) in [4.78, 5) is 0. The summed E-state index contributed by atoms with van der Waals surface area (Å²) < 4.78 is 12.8. The Labute approximate surface area is 131 Å². The predicted molar refractivity (Wildman–Crippen MR) is 88.2 cm³/mol. The molecule has 0 aliphatic heterocycles. The Hall–Kier alpha value is -1.14. The van der Waals surface area contributed by atoms with Crippen molar-refractivity contribution in [1.29, 1.82) is 5.26 Å². The number of hydrogen-bond acceptors (Lipinski definition) is 2. The summed E-state index contributed by atoms with van der Waals surface area (Å²) in [6.07, 6.45) is 5.40. The van der Waals surface area contributed by atoms with Gasteiger partial charge in [-0.25, -0.2) is 0 Å². The fraction of sp³-hybridized carbons (Fsp3) is 0.611. The molecule has 0 radical (unpaired) electrons. The zero-order valence-electron chi connectivity index (χ0n) is 13.0. The van der Waals surface area contributed by atoms with Gasteiger partial charge in [0.05, 0.1) is 17.2 Å². The van der Waals surface area contributed by atoms with Gasteiger partial charge in [-0.1, -0.05) is 44.0 Å². The molecule has 114 valence electrons. The van der Waals surface area contributed by atoms with Crippen LogP contribution < -0.4 is 0 Å². The van der Waals surface area contributed by atoms with Crippen LogP contribution in [0.2, 0.25) is 0 Å². The van der Waals surface area contributed by atoms with Gasteiger partial charge in [0.15, 0.2) is 0 Å². The van der Waals surface area contributed by atoms with Crippen LogP contribution in [0.3, 0.4) is 0 Å². The number of aryl methyl sites for hydroxylation is 1. The molecule has 4 unspecified atom stereocenters. The molecule has 0 N–H and O–H groups in total. The van der Waals surface area contributed by atoms with Crippen molar-refractivity contribution < 1.29 is 4.21 Å². The van der Waals surface area contributed by atoms with Crippen LogP contribution in [0, 0.1) is 30.1 Å². The Kier molecular flexibility index (Phi) is 5.99. The van der Waals surface area contributed by atoms with Gasteiger partial charge in [0, 0.05) is 16.6 Å². The SMILES string of the molecule is CCCC1CCC(C#N)C(S(=O)Cc2ccccc2C)C1. The van der Waals surface area contributed by atoms with Crippen LogP contribution in [0.5, 0.6) is 0 Å². The molecule has 1 aromatic rings. The third-order valence-corrected chi connectivity index (χ3v) is 6.45. The fourth-order valence-corrected chi connectivity index (χ4v) is 5.25. The topological polar surface area (TPSA) is 40.9 Å². The van der Waals surface area contributed by atoms with E-state index in [0.717, 1.165) is 24.8 Å². The number of benzene rings is 1. The van der Waals surface area contributed by atoms with Gasteiger partial charge in [-0.2, -0.15) is 5.26 Å². The first-order chi connectivity index (χ1) is 10.2. The van der Waals surface area contributed by atoms with E-state index >= 15 is 0 Å². The summed E-state index contributed by atoms with van der Waals surface area (Å²) in [5.41, 5.74) is 2.35. The van der Waals surface area contributed by atoms with Gasteiger partial charge in [-0.15, -0.1) is 0 Å². The van der Waals surface area contributed by atoms with Gasteiger partial charge in [-0.3, -0.25) is 4.21 Å². The monoisotopic (exact) mass is 303 g/mol. The number of nitrogens with zero attached hydrogens (tertiary/aromatic N) is 1. The lowest BCUT2D eigenvalue weighted by molar-refractivity contribution is 0.303. The molecule has 0 spiro atoms. The van der Waals surface area contributed by atoms with Gasteiger partial charge >= 0.3 is 0 Å². The van der Waals surface area contributed by atoms with Crippen molar-refractivity contribution >= 4 is 10.8 Å². The zero-order chi connectivity index (χ0) is 15.2. The van der Waals surface area contributed by atoms with Crippen molar-refractivity contribution in [3.05, 3.63) is 35.4 Å². The van der Waals surface area contributed by atoms with Crippen molar-refractivity contribution in [2.24, 2.45) is 11.8 Å². The van der Waals surface area contributed by atoms with Crippen LogP contribution in [-0.4, -0.2) is 9.46 Å². The zero-order valence-corrected chi connectivity index (χ0v) is 13.9. The smallest absolute Gasteiger partial charge is 0.0668 e. The van der Waals surface area contributed by atoms with E-state index in [1.165, 1.54) is 18.4 Å². The van der Waals surface area contributed by atoms with E-state index in [1.54, 1.807) is 0 Å². The van der Waals surface area contributed by atoms with Crippen molar-refractivity contribution in [1.82, 2.24) is 0 Å². The summed E-state index contributed by atoms with van der Waals surface area (Å²) in [6.45, 7) is 4.27. The highest BCUT2D eigenvalue weighted by atomic mass is 32.2. The van der Waals surface area contributed by atoms with Crippen LogP contribution in [0.25, 0.3) is 0 Å². The standard InChI is InChI=1S/C18H25NOS/c1-3-6-15-9-10-16(12-19)18(11-15)21(20)13-17-8-5-4-7-14(17)2/h4-5,7-8,15-16,18H,3,6,9-11,13H2,1-2H3. The predicted octanol–water partition coefficient (Wildman–Crippen LogP) is 4.35. The van der Waals surface area contributed by atoms with Crippen LogP contribution in [0.15, 0.2) is 24.3 Å². The van der Waals surface area contributed by atoms with E-state index in [-0.39, 0.29) is 11.2 Å². The second kappa shape index (κ2) is 7.75. The Balaban J connectivity index is 2.08. The van der Waals surface area contributed by atoms with Gasteiger partial charge in [-0.05, 0) is 43.2 Å². The van der Waals surface area contributed by atoms with Crippen molar-refractivity contribution in [3.8, 4) is 6.07 Å². The first-order valence-corrected chi connectivity index (χ1v) is 9.35. The van der Waals surface area contributed by atoms with Crippen LogP contribution in [-0.2, 0) is 16.6 Å². The van der Waals surface area contributed by atoms with E-state index < -0.39 is 10.8 Å². The molecule has 0 amide bonds. The van der Waals surface area contributed by atoms with Gasteiger partial charge in [0.25, 0.3) is 0 Å². The molecule has 4 atom stereocenters. The highest BCUT2D eigenvalue weighted by Crippen LogP contribution is 2.35. The third-order valence-electron chi connectivity index (χ3n) is 4.66. The molecule has 0 aromatic heterocycles. The maximum Gasteiger partial charge on any atom is 0.0668 e. The quantitative estimate of drug-likeness (QED) is 0.811. The fourth-order valence-electron chi connectivity index (χ4n) is 3.35.